The van der Waals surface area contributed by atoms with Gasteiger partial charge >= 0.3 is 0 Å². The number of piperidine rings is 1. The van der Waals surface area contributed by atoms with Gasteiger partial charge in [0.2, 0.25) is 15.9 Å². The molecule has 1 N–H and O–H groups in total. The quantitative estimate of drug-likeness (QED) is 0.850. The number of rotatable bonds is 4. The van der Waals surface area contributed by atoms with E-state index in [0.717, 1.165) is 6.26 Å². The molecule has 5 nitrogen and oxygen atoms in total. The van der Waals surface area contributed by atoms with E-state index in [0.29, 0.717) is 31.5 Å². The Morgan fingerprint density at radius 3 is 2.55 bits per heavy atom. The maximum Gasteiger partial charge on any atom is 0.246 e. The van der Waals surface area contributed by atoms with E-state index in [1.54, 1.807) is 23.1 Å². The number of amides is 1. The van der Waals surface area contributed by atoms with E-state index in [2.05, 4.69) is 4.72 Å². The minimum absolute atomic E-state index is 0.130. The van der Waals surface area contributed by atoms with Gasteiger partial charge in [-0.2, -0.15) is 0 Å². The van der Waals surface area contributed by atoms with Crippen LogP contribution in [0.15, 0.2) is 30.3 Å². The summed E-state index contributed by atoms with van der Waals surface area (Å²) in [6, 6.07) is 6.10. The van der Waals surface area contributed by atoms with Crippen molar-refractivity contribution in [3.63, 3.8) is 0 Å². The Morgan fingerprint density at radius 1 is 1.32 bits per heavy atom. The van der Waals surface area contributed by atoms with E-state index in [-0.39, 0.29) is 17.8 Å². The van der Waals surface area contributed by atoms with Crippen LogP contribution in [-0.2, 0) is 14.8 Å². The summed E-state index contributed by atoms with van der Waals surface area (Å²) in [5, 5.41) is 0. The van der Waals surface area contributed by atoms with Gasteiger partial charge < -0.3 is 4.90 Å². The van der Waals surface area contributed by atoms with E-state index >= 15 is 0 Å². The van der Waals surface area contributed by atoms with Gasteiger partial charge in [0.15, 0.2) is 0 Å². The van der Waals surface area contributed by atoms with Crippen molar-refractivity contribution < 1.29 is 17.6 Å². The van der Waals surface area contributed by atoms with Gasteiger partial charge in [0.1, 0.15) is 5.82 Å². The second kappa shape index (κ2) is 7.02. The van der Waals surface area contributed by atoms with Gasteiger partial charge in [-0.15, -0.1) is 0 Å². The minimum atomic E-state index is -3.22. The van der Waals surface area contributed by atoms with Crippen molar-refractivity contribution in [3.8, 4) is 0 Å². The van der Waals surface area contributed by atoms with E-state index < -0.39 is 10.0 Å². The number of benzene rings is 1. The fourth-order valence-electron chi connectivity index (χ4n) is 2.40. The van der Waals surface area contributed by atoms with Gasteiger partial charge in [-0.3, -0.25) is 4.79 Å². The molecule has 22 heavy (non-hydrogen) atoms. The van der Waals surface area contributed by atoms with E-state index in [4.69, 9.17) is 0 Å². The molecule has 1 aliphatic heterocycles. The van der Waals surface area contributed by atoms with Crippen molar-refractivity contribution in [2.45, 2.75) is 18.9 Å². The van der Waals surface area contributed by atoms with Crippen LogP contribution in [0.4, 0.5) is 4.39 Å². The summed E-state index contributed by atoms with van der Waals surface area (Å²) >= 11 is 0. The zero-order valence-electron chi connectivity index (χ0n) is 12.3. The summed E-state index contributed by atoms with van der Waals surface area (Å²) in [5.74, 6) is -0.566. The normalized spacial score (nSPS) is 17.1. The molecule has 0 aliphatic carbocycles. The highest BCUT2D eigenvalue weighted by Crippen LogP contribution is 2.13. The number of sulfonamides is 1. The van der Waals surface area contributed by atoms with Crippen LogP contribution in [0.1, 0.15) is 18.4 Å². The number of hydrogen-bond acceptors (Lipinski definition) is 3. The summed E-state index contributed by atoms with van der Waals surface area (Å²) < 4.78 is 38.3. The van der Waals surface area contributed by atoms with E-state index in [9.17, 15) is 17.6 Å². The number of likely N-dealkylation sites (tertiary alicyclic amines) is 1. The molecule has 1 saturated heterocycles. The Bertz CT molecular complexity index is 665. The third-order valence-electron chi connectivity index (χ3n) is 3.50. The SMILES string of the molecule is CS(=O)(=O)NC1CCN(C(=O)/C=C/c2ccccc2F)CC1. The van der Waals surface area contributed by atoms with Gasteiger partial charge in [0, 0.05) is 30.8 Å². The lowest BCUT2D eigenvalue weighted by atomic mass is 10.1. The van der Waals surface area contributed by atoms with Crippen LogP contribution in [-0.4, -0.2) is 44.6 Å². The number of carbonyl (C=O) groups excluding carboxylic acids is 1. The molecule has 0 aromatic heterocycles. The Kier molecular flexibility index (Phi) is 5.31. The lowest BCUT2D eigenvalue weighted by molar-refractivity contribution is -0.126. The predicted molar refractivity (Wildman–Crippen MR) is 83.0 cm³/mol. The standard InChI is InChI=1S/C15H19FN2O3S/c1-22(20,21)17-13-8-10-18(11-9-13)15(19)7-6-12-4-2-3-5-14(12)16/h2-7,13,17H,8-11H2,1H3/b7-6+. The Hall–Kier alpha value is -1.73. The Morgan fingerprint density at radius 2 is 1.95 bits per heavy atom. The van der Waals surface area contributed by atoms with Crippen LogP contribution in [0.2, 0.25) is 0 Å². The monoisotopic (exact) mass is 326 g/mol. The topological polar surface area (TPSA) is 66.5 Å². The zero-order valence-corrected chi connectivity index (χ0v) is 13.1. The van der Waals surface area contributed by atoms with Crippen molar-refractivity contribution in [3.05, 3.63) is 41.7 Å². The molecule has 1 amide bonds. The highest BCUT2D eigenvalue weighted by Gasteiger charge is 2.23. The van der Waals surface area contributed by atoms with Crippen LogP contribution in [0.25, 0.3) is 6.08 Å². The van der Waals surface area contributed by atoms with Gasteiger partial charge in [-0.1, -0.05) is 18.2 Å². The number of nitrogens with one attached hydrogen (secondary N) is 1. The van der Waals surface area contributed by atoms with Gasteiger partial charge in [0.05, 0.1) is 6.26 Å². The van der Waals surface area contributed by atoms with Crippen LogP contribution in [0.5, 0.6) is 0 Å². The first-order valence-electron chi connectivity index (χ1n) is 7.04. The average molecular weight is 326 g/mol. The largest absolute Gasteiger partial charge is 0.339 e. The number of carbonyl (C=O) groups is 1. The molecule has 0 bridgehead atoms. The molecular formula is C15H19FN2O3S. The molecule has 1 aromatic carbocycles. The molecular weight excluding hydrogens is 307 g/mol. The van der Waals surface area contributed by atoms with Crippen molar-refractivity contribution in [2.75, 3.05) is 19.3 Å². The Labute approximate surface area is 129 Å². The van der Waals surface area contributed by atoms with Crippen molar-refractivity contribution in [1.29, 1.82) is 0 Å². The van der Waals surface area contributed by atoms with Gasteiger partial charge in [-0.05, 0) is 25.0 Å². The van der Waals surface area contributed by atoms with Crippen molar-refractivity contribution >= 4 is 22.0 Å². The maximum atomic E-state index is 13.4. The van der Waals surface area contributed by atoms with Crippen molar-refractivity contribution in [1.82, 2.24) is 9.62 Å². The molecule has 0 saturated carbocycles. The summed E-state index contributed by atoms with van der Waals surface area (Å²) in [5.41, 5.74) is 0.365. The lowest BCUT2D eigenvalue weighted by Crippen LogP contribution is -2.45. The third kappa shape index (κ3) is 4.92. The fourth-order valence-corrected chi connectivity index (χ4v) is 3.24. The summed E-state index contributed by atoms with van der Waals surface area (Å²) in [4.78, 5) is 13.7. The molecule has 0 unspecified atom stereocenters. The fraction of sp³-hybridized carbons (Fsp3) is 0.400. The predicted octanol–water partition coefficient (Wildman–Crippen LogP) is 1.38. The lowest BCUT2D eigenvalue weighted by Gasteiger charge is -2.31. The molecule has 1 heterocycles. The molecule has 120 valence electrons. The highest BCUT2D eigenvalue weighted by atomic mass is 32.2. The van der Waals surface area contributed by atoms with Crippen LogP contribution in [0.3, 0.4) is 0 Å². The molecule has 0 spiro atoms. The van der Waals surface area contributed by atoms with Gasteiger partial charge in [-0.25, -0.2) is 17.5 Å². The molecule has 1 fully saturated rings. The molecule has 7 heteroatoms. The first kappa shape index (κ1) is 16.6. The zero-order chi connectivity index (χ0) is 16.2. The minimum Gasteiger partial charge on any atom is -0.339 e. The van der Waals surface area contributed by atoms with Crippen LogP contribution < -0.4 is 4.72 Å². The number of halogens is 1. The first-order valence-corrected chi connectivity index (χ1v) is 8.93. The summed E-state index contributed by atoms with van der Waals surface area (Å²) in [6.45, 7) is 0.960. The summed E-state index contributed by atoms with van der Waals surface area (Å²) in [6.07, 6.45) is 5.08. The maximum absolute atomic E-state index is 13.4. The van der Waals surface area contributed by atoms with Crippen LogP contribution >= 0.6 is 0 Å². The van der Waals surface area contributed by atoms with Crippen LogP contribution in [0, 0.1) is 5.82 Å². The Balaban J connectivity index is 1.89. The molecule has 0 atom stereocenters. The smallest absolute Gasteiger partial charge is 0.246 e. The molecule has 1 aromatic rings. The third-order valence-corrected chi connectivity index (χ3v) is 4.26. The molecule has 1 aliphatic rings. The number of hydrogen-bond donors (Lipinski definition) is 1. The van der Waals surface area contributed by atoms with Crippen molar-refractivity contribution in [2.24, 2.45) is 0 Å². The molecule has 0 radical (unpaired) electrons. The number of nitrogens with zero attached hydrogens (tertiary/aromatic N) is 1. The summed E-state index contributed by atoms with van der Waals surface area (Å²) in [7, 11) is -3.22. The second-order valence-electron chi connectivity index (χ2n) is 5.34. The van der Waals surface area contributed by atoms with E-state index in [1.807, 2.05) is 0 Å². The first-order chi connectivity index (χ1) is 10.3. The average Bonchev–Trinajstić information content (AvgIpc) is 2.45. The second-order valence-corrected chi connectivity index (χ2v) is 7.12. The van der Waals surface area contributed by atoms with Gasteiger partial charge in [0.25, 0.3) is 0 Å². The van der Waals surface area contributed by atoms with E-state index in [1.165, 1.54) is 18.2 Å². The molecule has 2 rings (SSSR count). The highest BCUT2D eigenvalue weighted by molar-refractivity contribution is 7.88.